The largest absolute Gasteiger partial charge is 0.493 e. The molecule has 5 heteroatoms. The first kappa shape index (κ1) is 18.1. The normalized spacial score (nSPS) is 10.3. The number of benzene rings is 2. The number of carbonyl (C=O) groups is 1. The maximum Gasteiger partial charge on any atom is 0.248 e. The molecule has 0 saturated carbocycles. The molecule has 0 fully saturated rings. The molecule has 0 radical (unpaired) electrons. The summed E-state index contributed by atoms with van der Waals surface area (Å²) in [6, 6.07) is 12.6. The third-order valence-corrected chi connectivity index (χ3v) is 3.32. The second kappa shape index (κ2) is 9.17. The Morgan fingerprint density at radius 3 is 2.44 bits per heavy atom. The third-order valence-electron chi connectivity index (χ3n) is 3.32. The molecule has 0 aromatic heterocycles. The zero-order valence-corrected chi connectivity index (χ0v) is 14.3. The molecule has 0 atom stereocenters. The number of amides is 1. The molecule has 130 valence electrons. The van der Waals surface area contributed by atoms with Crippen molar-refractivity contribution in [2.45, 2.75) is 0 Å². The number of nitrogens with one attached hydrogen (secondary N) is 1. The Kier molecular flexibility index (Phi) is 6.65. The highest BCUT2D eigenvalue weighted by atomic mass is 16.5. The van der Waals surface area contributed by atoms with Gasteiger partial charge in [0.15, 0.2) is 11.5 Å². The second-order valence-corrected chi connectivity index (χ2v) is 5.06. The van der Waals surface area contributed by atoms with Crippen molar-refractivity contribution in [3.63, 3.8) is 0 Å². The predicted octanol–water partition coefficient (Wildman–Crippen LogP) is 3.92. The van der Waals surface area contributed by atoms with E-state index in [0.29, 0.717) is 23.8 Å². The van der Waals surface area contributed by atoms with Gasteiger partial charge in [-0.05, 0) is 48.0 Å². The van der Waals surface area contributed by atoms with Crippen LogP contribution in [-0.2, 0) is 4.79 Å². The number of rotatable bonds is 8. The highest BCUT2D eigenvalue weighted by molar-refractivity contribution is 6.01. The Balaban J connectivity index is 1.97. The molecule has 0 aliphatic carbocycles. The highest BCUT2D eigenvalue weighted by Gasteiger charge is 2.03. The van der Waals surface area contributed by atoms with Gasteiger partial charge in [-0.1, -0.05) is 18.7 Å². The molecule has 0 bridgehead atoms. The van der Waals surface area contributed by atoms with Gasteiger partial charge in [0.1, 0.15) is 12.4 Å². The molecule has 0 spiro atoms. The summed E-state index contributed by atoms with van der Waals surface area (Å²) < 4.78 is 15.8. The minimum Gasteiger partial charge on any atom is -0.493 e. The number of anilines is 1. The molecule has 25 heavy (non-hydrogen) atoms. The van der Waals surface area contributed by atoms with E-state index in [1.807, 2.05) is 6.07 Å². The summed E-state index contributed by atoms with van der Waals surface area (Å²) in [5.41, 5.74) is 1.52. The summed E-state index contributed by atoms with van der Waals surface area (Å²) in [7, 11) is 3.15. The van der Waals surface area contributed by atoms with Gasteiger partial charge in [-0.2, -0.15) is 0 Å². The number of ether oxygens (including phenoxy) is 3. The fraction of sp³-hybridized carbons (Fsp3) is 0.150. The highest BCUT2D eigenvalue weighted by Crippen LogP contribution is 2.28. The summed E-state index contributed by atoms with van der Waals surface area (Å²) in [6.07, 6.45) is 4.84. The van der Waals surface area contributed by atoms with Crippen molar-refractivity contribution in [1.29, 1.82) is 0 Å². The maximum absolute atomic E-state index is 12.0. The van der Waals surface area contributed by atoms with Crippen molar-refractivity contribution in [1.82, 2.24) is 0 Å². The predicted molar refractivity (Wildman–Crippen MR) is 99.3 cm³/mol. The van der Waals surface area contributed by atoms with Gasteiger partial charge in [-0.25, -0.2) is 0 Å². The van der Waals surface area contributed by atoms with Gasteiger partial charge < -0.3 is 19.5 Å². The third kappa shape index (κ3) is 5.42. The lowest BCUT2D eigenvalue weighted by Gasteiger charge is -2.07. The average molecular weight is 339 g/mol. The van der Waals surface area contributed by atoms with Crippen LogP contribution in [-0.4, -0.2) is 26.7 Å². The molecule has 0 saturated heterocycles. The van der Waals surface area contributed by atoms with Gasteiger partial charge in [-0.15, -0.1) is 0 Å². The maximum atomic E-state index is 12.0. The monoisotopic (exact) mass is 339 g/mol. The molecule has 5 nitrogen and oxygen atoms in total. The first-order chi connectivity index (χ1) is 12.2. The fourth-order valence-corrected chi connectivity index (χ4v) is 2.10. The van der Waals surface area contributed by atoms with Gasteiger partial charge >= 0.3 is 0 Å². The first-order valence-electron chi connectivity index (χ1n) is 7.71. The van der Waals surface area contributed by atoms with Crippen LogP contribution in [0.1, 0.15) is 5.56 Å². The minimum atomic E-state index is -0.227. The first-order valence-corrected chi connectivity index (χ1v) is 7.71. The van der Waals surface area contributed by atoms with Gasteiger partial charge in [0, 0.05) is 11.8 Å². The molecule has 2 aromatic rings. The lowest BCUT2D eigenvalue weighted by Crippen LogP contribution is -2.07. The van der Waals surface area contributed by atoms with E-state index in [0.717, 1.165) is 11.3 Å². The van der Waals surface area contributed by atoms with Gasteiger partial charge in [0.25, 0.3) is 0 Å². The summed E-state index contributed by atoms with van der Waals surface area (Å²) >= 11 is 0. The molecular formula is C20H21NO4. The lowest BCUT2D eigenvalue weighted by molar-refractivity contribution is -0.111. The van der Waals surface area contributed by atoms with Crippen LogP contribution in [0.5, 0.6) is 17.2 Å². The topological polar surface area (TPSA) is 56.8 Å². The molecule has 0 heterocycles. The molecule has 0 aliphatic heterocycles. The fourth-order valence-electron chi connectivity index (χ4n) is 2.10. The van der Waals surface area contributed by atoms with Crippen molar-refractivity contribution < 1.29 is 19.0 Å². The lowest BCUT2D eigenvalue weighted by atomic mass is 10.2. The van der Waals surface area contributed by atoms with Crippen molar-refractivity contribution in [3.05, 3.63) is 66.8 Å². The molecule has 1 amide bonds. The van der Waals surface area contributed by atoms with E-state index in [4.69, 9.17) is 14.2 Å². The van der Waals surface area contributed by atoms with E-state index < -0.39 is 0 Å². The van der Waals surface area contributed by atoms with E-state index in [1.54, 1.807) is 62.8 Å². The Morgan fingerprint density at radius 2 is 1.80 bits per heavy atom. The second-order valence-electron chi connectivity index (χ2n) is 5.06. The van der Waals surface area contributed by atoms with Crippen LogP contribution in [0.15, 0.2) is 61.2 Å². The average Bonchev–Trinajstić information content (AvgIpc) is 2.65. The van der Waals surface area contributed by atoms with E-state index >= 15 is 0 Å². The Labute approximate surface area is 147 Å². The Bertz CT molecular complexity index is 751. The summed E-state index contributed by atoms with van der Waals surface area (Å²) in [5.74, 6) is 1.75. The summed E-state index contributed by atoms with van der Waals surface area (Å²) in [4.78, 5) is 12.0. The number of hydrogen-bond acceptors (Lipinski definition) is 4. The quantitative estimate of drug-likeness (QED) is 0.585. The van der Waals surface area contributed by atoms with Crippen molar-refractivity contribution in [2.75, 3.05) is 26.1 Å². The molecule has 1 N–H and O–H groups in total. The van der Waals surface area contributed by atoms with Gasteiger partial charge in [0.2, 0.25) is 5.91 Å². The molecule has 2 rings (SSSR count). The smallest absolute Gasteiger partial charge is 0.248 e. The van der Waals surface area contributed by atoms with Crippen LogP contribution in [0.4, 0.5) is 5.69 Å². The van der Waals surface area contributed by atoms with Crippen molar-refractivity contribution >= 4 is 17.7 Å². The molecule has 0 aliphatic rings. The number of methoxy groups -OCH3 is 2. The van der Waals surface area contributed by atoms with Crippen LogP contribution in [0.3, 0.4) is 0 Å². The van der Waals surface area contributed by atoms with Crippen LogP contribution in [0, 0.1) is 0 Å². The van der Waals surface area contributed by atoms with Crippen LogP contribution < -0.4 is 19.5 Å². The van der Waals surface area contributed by atoms with Crippen LogP contribution in [0.2, 0.25) is 0 Å². The minimum absolute atomic E-state index is 0.227. The Morgan fingerprint density at radius 1 is 1.08 bits per heavy atom. The van der Waals surface area contributed by atoms with Gasteiger partial charge in [0.05, 0.1) is 14.2 Å². The van der Waals surface area contributed by atoms with E-state index in [2.05, 4.69) is 11.9 Å². The number of hydrogen-bond donors (Lipinski definition) is 1. The molecule has 0 unspecified atom stereocenters. The molecule has 2 aromatic carbocycles. The zero-order valence-electron chi connectivity index (χ0n) is 14.3. The van der Waals surface area contributed by atoms with Gasteiger partial charge in [-0.3, -0.25) is 4.79 Å². The van der Waals surface area contributed by atoms with Crippen molar-refractivity contribution in [3.8, 4) is 17.2 Å². The summed E-state index contributed by atoms with van der Waals surface area (Å²) in [5, 5.41) is 2.79. The Hall–Kier alpha value is -3.21. The zero-order chi connectivity index (χ0) is 18.1. The summed E-state index contributed by atoms with van der Waals surface area (Å²) in [6.45, 7) is 4.04. The van der Waals surface area contributed by atoms with E-state index in [1.165, 1.54) is 6.08 Å². The van der Waals surface area contributed by atoms with Crippen molar-refractivity contribution in [2.24, 2.45) is 0 Å². The van der Waals surface area contributed by atoms with Crippen LogP contribution in [0.25, 0.3) is 6.08 Å². The van der Waals surface area contributed by atoms with E-state index in [-0.39, 0.29) is 5.91 Å². The molecular weight excluding hydrogens is 318 g/mol. The van der Waals surface area contributed by atoms with E-state index in [9.17, 15) is 4.79 Å². The van der Waals surface area contributed by atoms with Crippen LogP contribution >= 0.6 is 0 Å². The number of carbonyl (C=O) groups excluding carboxylic acids is 1. The standard InChI is InChI=1S/C20H21NO4/c1-4-13-25-17-9-7-16(8-10-17)21-20(22)12-6-15-5-11-18(23-2)19(14-15)24-3/h4-12,14H,1,13H2,2-3H3,(H,21,22). The SMILES string of the molecule is C=CCOc1ccc(NC(=O)C=Cc2ccc(OC)c(OC)c2)cc1.